The molecular weight excluding hydrogens is 230 g/mol. The Morgan fingerprint density at radius 1 is 1.11 bits per heavy atom. The molecule has 2 aromatic rings. The predicted octanol–water partition coefficient (Wildman–Crippen LogP) is 2.76. The third kappa shape index (κ3) is 2.01. The lowest BCUT2D eigenvalue weighted by atomic mass is 10.1. The van der Waals surface area contributed by atoms with Gasteiger partial charge in [-0.25, -0.2) is 0 Å². The number of methoxy groups -OCH3 is 2. The number of aryl methyl sites for hydroxylation is 1. The zero-order chi connectivity index (χ0) is 13.3. The van der Waals surface area contributed by atoms with Crippen LogP contribution in [0.5, 0.6) is 11.5 Å². The summed E-state index contributed by atoms with van der Waals surface area (Å²) in [6.45, 7) is 3.36. The number of rotatable bonds is 3. The lowest BCUT2D eigenvalue weighted by Gasteiger charge is -2.10. The summed E-state index contributed by atoms with van der Waals surface area (Å²) >= 11 is 0. The van der Waals surface area contributed by atoms with Crippen molar-refractivity contribution in [2.45, 2.75) is 13.8 Å². The predicted molar refractivity (Wildman–Crippen MR) is 69.6 cm³/mol. The first-order valence-corrected chi connectivity index (χ1v) is 5.61. The van der Waals surface area contributed by atoms with E-state index in [0.29, 0.717) is 17.1 Å². The van der Waals surface area contributed by atoms with E-state index in [-0.39, 0.29) is 5.78 Å². The van der Waals surface area contributed by atoms with Crippen LogP contribution in [0.2, 0.25) is 0 Å². The number of nitrogens with zero attached hydrogens (tertiary/aromatic N) is 1. The standard InChI is InChI=1S/C14H15NO3/c1-8-11(9(2)16)5-10-6-13(17-3)14(18-4)7-12(10)15-8/h5-7H,1-4H3. The Morgan fingerprint density at radius 2 is 1.72 bits per heavy atom. The summed E-state index contributed by atoms with van der Waals surface area (Å²) in [6.07, 6.45) is 0. The minimum absolute atomic E-state index is 0.0108. The third-order valence-corrected chi connectivity index (χ3v) is 2.89. The van der Waals surface area contributed by atoms with Gasteiger partial charge in [-0.1, -0.05) is 0 Å². The van der Waals surface area contributed by atoms with Crippen molar-refractivity contribution >= 4 is 16.7 Å². The fourth-order valence-electron chi connectivity index (χ4n) is 1.95. The maximum atomic E-state index is 11.5. The fraction of sp³-hybridized carbons (Fsp3) is 0.286. The van der Waals surface area contributed by atoms with Crippen molar-refractivity contribution in [2.24, 2.45) is 0 Å². The Morgan fingerprint density at radius 3 is 2.28 bits per heavy atom. The lowest BCUT2D eigenvalue weighted by Crippen LogP contribution is -2.00. The van der Waals surface area contributed by atoms with Gasteiger partial charge in [0.1, 0.15) is 0 Å². The summed E-state index contributed by atoms with van der Waals surface area (Å²) in [5.74, 6) is 1.27. The van der Waals surface area contributed by atoms with Crippen molar-refractivity contribution in [2.75, 3.05) is 14.2 Å². The Labute approximate surface area is 106 Å². The highest BCUT2D eigenvalue weighted by molar-refractivity contribution is 5.99. The number of carbonyl (C=O) groups is 1. The van der Waals surface area contributed by atoms with Crippen molar-refractivity contribution in [3.63, 3.8) is 0 Å². The maximum Gasteiger partial charge on any atom is 0.162 e. The molecule has 0 saturated heterocycles. The molecule has 0 aliphatic rings. The number of hydrogen-bond acceptors (Lipinski definition) is 4. The molecule has 4 heteroatoms. The number of fused-ring (bicyclic) bond motifs is 1. The van der Waals surface area contributed by atoms with Gasteiger partial charge >= 0.3 is 0 Å². The zero-order valence-corrected chi connectivity index (χ0v) is 10.9. The summed E-state index contributed by atoms with van der Waals surface area (Å²) in [5, 5.41) is 0.864. The molecule has 0 radical (unpaired) electrons. The Balaban J connectivity index is 2.73. The molecule has 0 saturated carbocycles. The number of carbonyl (C=O) groups excluding carboxylic acids is 1. The van der Waals surface area contributed by atoms with Gasteiger partial charge in [-0.05, 0) is 26.0 Å². The molecule has 0 aliphatic carbocycles. The molecule has 0 atom stereocenters. The second-order valence-corrected chi connectivity index (χ2v) is 4.08. The van der Waals surface area contributed by atoms with Crippen LogP contribution >= 0.6 is 0 Å². The number of benzene rings is 1. The minimum Gasteiger partial charge on any atom is -0.493 e. The Hall–Kier alpha value is -2.10. The van der Waals surface area contributed by atoms with Gasteiger partial charge in [0.2, 0.25) is 0 Å². The van der Waals surface area contributed by atoms with Crippen LogP contribution in [0.3, 0.4) is 0 Å². The van der Waals surface area contributed by atoms with Crippen LogP contribution in [0, 0.1) is 6.92 Å². The molecule has 0 aliphatic heterocycles. The molecule has 0 amide bonds. The van der Waals surface area contributed by atoms with E-state index in [0.717, 1.165) is 16.6 Å². The van der Waals surface area contributed by atoms with Crippen LogP contribution in [0.4, 0.5) is 0 Å². The smallest absolute Gasteiger partial charge is 0.162 e. The van der Waals surface area contributed by atoms with Gasteiger partial charge in [-0.3, -0.25) is 9.78 Å². The molecule has 1 heterocycles. The average molecular weight is 245 g/mol. The van der Waals surface area contributed by atoms with Crippen LogP contribution in [0.1, 0.15) is 23.0 Å². The van der Waals surface area contributed by atoms with E-state index in [1.54, 1.807) is 14.2 Å². The SMILES string of the molecule is COc1cc2cc(C(C)=O)c(C)nc2cc1OC. The third-order valence-electron chi connectivity index (χ3n) is 2.89. The summed E-state index contributed by atoms with van der Waals surface area (Å²) < 4.78 is 10.5. The number of hydrogen-bond donors (Lipinski definition) is 0. The minimum atomic E-state index is 0.0108. The molecule has 18 heavy (non-hydrogen) atoms. The van der Waals surface area contributed by atoms with Crippen molar-refractivity contribution in [3.8, 4) is 11.5 Å². The molecular formula is C14H15NO3. The molecule has 0 bridgehead atoms. The highest BCUT2D eigenvalue weighted by Gasteiger charge is 2.11. The second-order valence-electron chi connectivity index (χ2n) is 4.08. The molecule has 4 nitrogen and oxygen atoms in total. The average Bonchev–Trinajstić information content (AvgIpc) is 2.36. The highest BCUT2D eigenvalue weighted by atomic mass is 16.5. The second kappa shape index (κ2) is 4.64. The van der Waals surface area contributed by atoms with Gasteiger partial charge in [0.25, 0.3) is 0 Å². The normalized spacial score (nSPS) is 10.4. The molecule has 1 aromatic heterocycles. The summed E-state index contributed by atoms with van der Waals surface area (Å²) in [5.41, 5.74) is 2.15. The molecule has 2 rings (SSSR count). The number of ketones is 1. The van der Waals surface area contributed by atoms with Gasteiger partial charge in [0, 0.05) is 22.7 Å². The number of ether oxygens (including phenoxy) is 2. The van der Waals surface area contributed by atoms with Crippen molar-refractivity contribution in [3.05, 3.63) is 29.5 Å². The lowest BCUT2D eigenvalue weighted by molar-refractivity contribution is 0.101. The van der Waals surface area contributed by atoms with E-state index in [4.69, 9.17) is 9.47 Å². The summed E-state index contributed by atoms with van der Waals surface area (Å²) in [4.78, 5) is 15.9. The van der Waals surface area contributed by atoms with Gasteiger partial charge in [-0.15, -0.1) is 0 Å². The Bertz CT molecular complexity index is 620. The van der Waals surface area contributed by atoms with Crippen LogP contribution in [0.15, 0.2) is 18.2 Å². The zero-order valence-electron chi connectivity index (χ0n) is 10.9. The summed E-state index contributed by atoms with van der Waals surface area (Å²) in [6, 6.07) is 5.47. The number of Topliss-reactive ketones (excluding diaryl/α,β-unsaturated/α-hetero) is 1. The largest absolute Gasteiger partial charge is 0.493 e. The van der Waals surface area contributed by atoms with Crippen molar-refractivity contribution < 1.29 is 14.3 Å². The summed E-state index contributed by atoms with van der Waals surface area (Å²) in [7, 11) is 3.16. The maximum absolute atomic E-state index is 11.5. The fourth-order valence-corrected chi connectivity index (χ4v) is 1.95. The highest BCUT2D eigenvalue weighted by Crippen LogP contribution is 2.32. The first-order valence-electron chi connectivity index (χ1n) is 5.61. The topological polar surface area (TPSA) is 48.4 Å². The molecule has 94 valence electrons. The molecule has 1 aromatic carbocycles. The monoisotopic (exact) mass is 245 g/mol. The van der Waals surface area contributed by atoms with E-state index in [1.165, 1.54) is 6.92 Å². The van der Waals surface area contributed by atoms with E-state index in [9.17, 15) is 4.79 Å². The molecule has 0 fully saturated rings. The Kier molecular flexibility index (Phi) is 3.19. The first-order chi connectivity index (χ1) is 8.56. The van der Waals surface area contributed by atoms with Crippen molar-refractivity contribution in [1.82, 2.24) is 4.98 Å². The van der Waals surface area contributed by atoms with E-state index in [1.807, 2.05) is 25.1 Å². The van der Waals surface area contributed by atoms with E-state index >= 15 is 0 Å². The van der Waals surface area contributed by atoms with Gasteiger partial charge in [0.05, 0.1) is 19.7 Å². The van der Waals surface area contributed by atoms with Gasteiger partial charge < -0.3 is 9.47 Å². The van der Waals surface area contributed by atoms with E-state index in [2.05, 4.69) is 4.98 Å². The molecule has 0 unspecified atom stereocenters. The quantitative estimate of drug-likeness (QED) is 0.780. The van der Waals surface area contributed by atoms with Crippen LogP contribution in [-0.4, -0.2) is 25.0 Å². The first kappa shape index (κ1) is 12.4. The van der Waals surface area contributed by atoms with E-state index < -0.39 is 0 Å². The number of aromatic nitrogens is 1. The molecule has 0 N–H and O–H groups in total. The van der Waals surface area contributed by atoms with Crippen LogP contribution in [0.25, 0.3) is 10.9 Å². The van der Waals surface area contributed by atoms with Crippen LogP contribution in [-0.2, 0) is 0 Å². The number of pyridine rings is 1. The van der Waals surface area contributed by atoms with Crippen LogP contribution < -0.4 is 9.47 Å². The van der Waals surface area contributed by atoms with Gasteiger partial charge in [0.15, 0.2) is 17.3 Å². The van der Waals surface area contributed by atoms with Crippen molar-refractivity contribution in [1.29, 1.82) is 0 Å². The molecule has 0 spiro atoms. The van der Waals surface area contributed by atoms with Gasteiger partial charge in [-0.2, -0.15) is 0 Å².